The predicted octanol–water partition coefficient (Wildman–Crippen LogP) is 6.44. The number of benzene rings is 1. The molecular formula is C26H24N2. The molecule has 0 saturated heterocycles. The van der Waals surface area contributed by atoms with E-state index in [1.165, 1.54) is 27.8 Å². The fraction of sp³-hybridized carbons (Fsp3) is 0.154. The van der Waals surface area contributed by atoms with Crippen molar-refractivity contribution < 1.29 is 0 Å². The molecule has 2 aromatic heterocycles. The highest BCUT2D eigenvalue weighted by molar-refractivity contribution is 5.81. The van der Waals surface area contributed by atoms with E-state index in [4.69, 9.17) is 9.97 Å². The van der Waals surface area contributed by atoms with Crippen molar-refractivity contribution in [3.05, 3.63) is 102 Å². The van der Waals surface area contributed by atoms with Gasteiger partial charge >= 0.3 is 0 Å². The fourth-order valence-electron chi connectivity index (χ4n) is 3.64. The second kappa shape index (κ2) is 8.62. The summed E-state index contributed by atoms with van der Waals surface area (Å²) in [5, 5.41) is 0. The summed E-state index contributed by atoms with van der Waals surface area (Å²) in [6, 6.07) is 14.8. The summed E-state index contributed by atoms with van der Waals surface area (Å²) < 4.78 is 0. The van der Waals surface area contributed by atoms with Crippen molar-refractivity contribution >= 4 is 6.08 Å². The van der Waals surface area contributed by atoms with Crippen LogP contribution in [0.5, 0.6) is 0 Å². The summed E-state index contributed by atoms with van der Waals surface area (Å²) in [5.41, 5.74) is 8.15. The molecule has 2 nitrogen and oxygen atoms in total. The molecule has 0 bridgehead atoms. The highest BCUT2D eigenvalue weighted by atomic mass is 14.8. The summed E-state index contributed by atoms with van der Waals surface area (Å²) in [4.78, 5) is 9.46. The quantitative estimate of drug-likeness (QED) is 0.487. The van der Waals surface area contributed by atoms with Crippen LogP contribution >= 0.6 is 0 Å². The van der Waals surface area contributed by atoms with Crippen molar-refractivity contribution in [2.45, 2.75) is 26.2 Å². The normalized spacial score (nSPS) is 12.9. The molecular weight excluding hydrogens is 340 g/mol. The van der Waals surface area contributed by atoms with Gasteiger partial charge in [-0.1, -0.05) is 73.7 Å². The Morgan fingerprint density at radius 1 is 0.893 bits per heavy atom. The Bertz CT molecular complexity index is 1040. The molecule has 0 amide bonds. The zero-order chi connectivity index (χ0) is 19.2. The van der Waals surface area contributed by atoms with Gasteiger partial charge in [-0.05, 0) is 53.6 Å². The molecule has 138 valence electrons. The topological polar surface area (TPSA) is 25.8 Å². The third-order valence-corrected chi connectivity index (χ3v) is 5.01. The standard InChI is InChI=1S/C26H24N2/c1-2-3-4-5-7-13-21-16-18-27-25-23(21)14-10-15-24-22(17-19-28-26(24)25)20-11-8-6-9-12-20/h3-12,14,16-19H,2,13,15H2,1H3/b4-3-,7-5-. The Kier molecular flexibility index (Phi) is 5.58. The van der Waals surface area contributed by atoms with Crippen LogP contribution in [-0.2, 0) is 12.8 Å². The molecule has 0 spiro atoms. The maximum Gasteiger partial charge on any atom is 0.0964 e. The maximum absolute atomic E-state index is 4.74. The van der Waals surface area contributed by atoms with Crippen molar-refractivity contribution in [3.63, 3.8) is 0 Å². The number of rotatable bonds is 5. The second-order valence-electron chi connectivity index (χ2n) is 6.86. The Balaban J connectivity index is 1.77. The molecule has 1 aromatic carbocycles. The van der Waals surface area contributed by atoms with Gasteiger partial charge < -0.3 is 0 Å². The summed E-state index contributed by atoms with van der Waals surface area (Å²) >= 11 is 0. The van der Waals surface area contributed by atoms with Crippen molar-refractivity contribution in [2.75, 3.05) is 0 Å². The lowest BCUT2D eigenvalue weighted by Gasteiger charge is -2.13. The Hall–Kier alpha value is -3.26. The van der Waals surface area contributed by atoms with E-state index in [-0.39, 0.29) is 0 Å². The zero-order valence-corrected chi connectivity index (χ0v) is 16.2. The zero-order valence-electron chi connectivity index (χ0n) is 16.2. The van der Waals surface area contributed by atoms with E-state index in [0.29, 0.717) is 0 Å². The van der Waals surface area contributed by atoms with Gasteiger partial charge in [0.25, 0.3) is 0 Å². The molecule has 2 heterocycles. The minimum absolute atomic E-state index is 0.859. The van der Waals surface area contributed by atoms with Crippen LogP contribution in [0.4, 0.5) is 0 Å². The van der Waals surface area contributed by atoms with E-state index in [0.717, 1.165) is 30.7 Å². The van der Waals surface area contributed by atoms with Crippen molar-refractivity contribution in [3.8, 4) is 22.5 Å². The third-order valence-electron chi connectivity index (χ3n) is 5.01. The highest BCUT2D eigenvalue weighted by Crippen LogP contribution is 2.35. The van der Waals surface area contributed by atoms with Gasteiger partial charge in [0.2, 0.25) is 0 Å². The Labute approximate surface area is 167 Å². The number of nitrogens with zero attached hydrogens (tertiary/aromatic N) is 2. The van der Waals surface area contributed by atoms with Crippen LogP contribution in [-0.4, -0.2) is 9.97 Å². The van der Waals surface area contributed by atoms with E-state index in [1.54, 1.807) is 0 Å². The largest absolute Gasteiger partial charge is 0.254 e. The lowest BCUT2D eigenvalue weighted by Crippen LogP contribution is -1.99. The molecule has 0 atom stereocenters. The number of hydrogen-bond acceptors (Lipinski definition) is 2. The van der Waals surface area contributed by atoms with Gasteiger partial charge in [0.05, 0.1) is 11.4 Å². The second-order valence-corrected chi connectivity index (χ2v) is 6.86. The van der Waals surface area contributed by atoms with Crippen LogP contribution in [0.15, 0.2) is 85.2 Å². The van der Waals surface area contributed by atoms with Crippen LogP contribution in [0.25, 0.3) is 28.6 Å². The number of pyridine rings is 2. The van der Waals surface area contributed by atoms with Crippen LogP contribution in [0.3, 0.4) is 0 Å². The molecule has 0 saturated carbocycles. The molecule has 28 heavy (non-hydrogen) atoms. The lowest BCUT2D eigenvalue weighted by atomic mass is 9.95. The molecule has 0 radical (unpaired) electrons. The smallest absolute Gasteiger partial charge is 0.0964 e. The van der Waals surface area contributed by atoms with E-state index in [2.05, 4.69) is 85.8 Å². The predicted molar refractivity (Wildman–Crippen MR) is 118 cm³/mol. The van der Waals surface area contributed by atoms with Crippen LogP contribution in [0.2, 0.25) is 0 Å². The summed E-state index contributed by atoms with van der Waals surface area (Å²) in [6.07, 6.45) is 19.7. The van der Waals surface area contributed by atoms with Crippen LogP contribution in [0.1, 0.15) is 30.0 Å². The van der Waals surface area contributed by atoms with Gasteiger partial charge in [-0.15, -0.1) is 0 Å². The fourth-order valence-corrected chi connectivity index (χ4v) is 3.64. The first kappa shape index (κ1) is 18.1. The third kappa shape index (κ3) is 3.72. The molecule has 0 unspecified atom stereocenters. The van der Waals surface area contributed by atoms with Crippen LogP contribution < -0.4 is 0 Å². The molecule has 4 rings (SSSR count). The van der Waals surface area contributed by atoms with Crippen molar-refractivity contribution in [1.82, 2.24) is 9.97 Å². The first-order valence-electron chi connectivity index (χ1n) is 9.88. The summed E-state index contributed by atoms with van der Waals surface area (Å²) in [5.74, 6) is 0. The number of hydrogen-bond donors (Lipinski definition) is 0. The molecule has 0 N–H and O–H groups in total. The van der Waals surface area contributed by atoms with Gasteiger partial charge in [0, 0.05) is 18.0 Å². The van der Waals surface area contributed by atoms with Gasteiger partial charge in [0.1, 0.15) is 0 Å². The number of fused-ring (bicyclic) bond motifs is 3. The van der Waals surface area contributed by atoms with E-state index in [9.17, 15) is 0 Å². The number of aromatic nitrogens is 2. The van der Waals surface area contributed by atoms with E-state index >= 15 is 0 Å². The van der Waals surface area contributed by atoms with Gasteiger partial charge in [-0.25, -0.2) is 0 Å². The average Bonchev–Trinajstić information content (AvgIpc) is 2.94. The SMILES string of the molecule is CC/C=C\C=C/Cc1ccnc2c1C=CCc1c(-c3ccccc3)ccnc1-2. The Morgan fingerprint density at radius 2 is 1.68 bits per heavy atom. The van der Waals surface area contributed by atoms with Gasteiger partial charge in [-0.2, -0.15) is 0 Å². The maximum atomic E-state index is 4.74. The molecule has 3 aromatic rings. The minimum Gasteiger partial charge on any atom is -0.254 e. The molecule has 0 aliphatic heterocycles. The highest BCUT2D eigenvalue weighted by Gasteiger charge is 2.19. The summed E-state index contributed by atoms with van der Waals surface area (Å²) in [7, 11) is 0. The molecule has 0 fully saturated rings. The van der Waals surface area contributed by atoms with Crippen LogP contribution in [0, 0.1) is 0 Å². The molecule has 2 heteroatoms. The first-order valence-corrected chi connectivity index (χ1v) is 9.88. The average molecular weight is 364 g/mol. The van der Waals surface area contributed by atoms with Gasteiger partial charge in [-0.3, -0.25) is 9.97 Å². The lowest BCUT2D eigenvalue weighted by molar-refractivity contribution is 1.16. The van der Waals surface area contributed by atoms with Crippen molar-refractivity contribution in [1.29, 1.82) is 0 Å². The minimum atomic E-state index is 0.859. The van der Waals surface area contributed by atoms with E-state index < -0.39 is 0 Å². The van der Waals surface area contributed by atoms with Crippen molar-refractivity contribution in [2.24, 2.45) is 0 Å². The number of allylic oxidation sites excluding steroid dienone is 5. The molecule has 1 aliphatic carbocycles. The molecule has 1 aliphatic rings. The summed E-state index contributed by atoms with van der Waals surface area (Å²) in [6.45, 7) is 2.14. The Morgan fingerprint density at radius 3 is 2.54 bits per heavy atom. The van der Waals surface area contributed by atoms with E-state index in [1.807, 2.05) is 12.4 Å². The monoisotopic (exact) mass is 364 g/mol. The first-order chi connectivity index (χ1) is 13.9. The van der Waals surface area contributed by atoms with Gasteiger partial charge in [0.15, 0.2) is 0 Å².